The standard InChI is InChI=1S/C13H13N3O2/c1-8-9(2)15-12(7-14-8)16-11-5-3-4-10(6-11)13(17)18/h3-7H,1-2H3,(H,15,16)(H,17,18). The van der Waals surface area contributed by atoms with Crippen LogP contribution < -0.4 is 5.32 Å². The van der Waals surface area contributed by atoms with E-state index in [1.807, 2.05) is 13.8 Å². The van der Waals surface area contributed by atoms with E-state index in [0.29, 0.717) is 11.5 Å². The second-order valence-corrected chi connectivity index (χ2v) is 3.94. The third-order valence-corrected chi connectivity index (χ3v) is 2.57. The molecule has 2 N–H and O–H groups in total. The van der Waals surface area contributed by atoms with E-state index in [2.05, 4.69) is 15.3 Å². The van der Waals surface area contributed by atoms with Gasteiger partial charge >= 0.3 is 5.97 Å². The lowest BCUT2D eigenvalue weighted by Crippen LogP contribution is -2.01. The molecule has 0 spiro atoms. The molecule has 0 saturated heterocycles. The molecule has 2 aromatic rings. The fourth-order valence-electron chi connectivity index (χ4n) is 1.48. The molecule has 0 fully saturated rings. The van der Waals surface area contributed by atoms with E-state index in [9.17, 15) is 4.79 Å². The van der Waals surface area contributed by atoms with Crippen LogP contribution in [0.25, 0.3) is 0 Å². The minimum atomic E-state index is -0.954. The van der Waals surface area contributed by atoms with Gasteiger partial charge in [-0.2, -0.15) is 0 Å². The lowest BCUT2D eigenvalue weighted by Gasteiger charge is -2.07. The molecule has 0 amide bonds. The lowest BCUT2D eigenvalue weighted by atomic mass is 10.2. The summed E-state index contributed by atoms with van der Waals surface area (Å²) in [5.74, 6) is -0.356. The predicted molar refractivity (Wildman–Crippen MR) is 68.2 cm³/mol. The van der Waals surface area contributed by atoms with Gasteiger partial charge in [0.2, 0.25) is 0 Å². The molecule has 0 aliphatic heterocycles. The van der Waals surface area contributed by atoms with Crippen molar-refractivity contribution in [1.82, 2.24) is 9.97 Å². The number of nitrogens with one attached hydrogen (secondary N) is 1. The van der Waals surface area contributed by atoms with Gasteiger partial charge in [0, 0.05) is 5.69 Å². The summed E-state index contributed by atoms with van der Waals surface area (Å²) in [5, 5.41) is 11.9. The van der Waals surface area contributed by atoms with Crippen molar-refractivity contribution in [3.63, 3.8) is 0 Å². The molecule has 5 heteroatoms. The highest BCUT2D eigenvalue weighted by molar-refractivity contribution is 5.89. The zero-order valence-corrected chi connectivity index (χ0v) is 10.1. The number of carboxylic acids is 1. The molecule has 0 atom stereocenters. The first kappa shape index (κ1) is 12.0. The molecule has 5 nitrogen and oxygen atoms in total. The number of carbonyl (C=O) groups is 1. The van der Waals surface area contributed by atoms with Gasteiger partial charge in [-0.3, -0.25) is 4.98 Å². The Kier molecular flexibility index (Phi) is 3.23. The molecule has 0 saturated carbocycles. The summed E-state index contributed by atoms with van der Waals surface area (Å²) in [5.41, 5.74) is 2.62. The van der Waals surface area contributed by atoms with Crippen molar-refractivity contribution in [3.05, 3.63) is 47.4 Å². The van der Waals surface area contributed by atoms with Gasteiger partial charge in [-0.1, -0.05) is 6.07 Å². The number of aromatic carboxylic acids is 1. The number of anilines is 2. The third kappa shape index (κ3) is 2.63. The van der Waals surface area contributed by atoms with E-state index in [1.165, 1.54) is 0 Å². The van der Waals surface area contributed by atoms with Crippen LogP contribution in [0.3, 0.4) is 0 Å². The summed E-state index contributed by atoms with van der Waals surface area (Å²) in [6.45, 7) is 3.76. The summed E-state index contributed by atoms with van der Waals surface area (Å²) in [6.07, 6.45) is 1.62. The fraction of sp³-hybridized carbons (Fsp3) is 0.154. The van der Waals surface area contributed by atoms with Crippen LogP contribution in [-0.2, 0) is 0 Å². The zero-order valence-electron chi connectivity index (χ0n) is 10.1. The molecule has 0 aliphatic carbocycles. The van der Waals surface area contributed by atoms with Gasteiger partial charge in [0.15, 0.2) is 0 Å². The van der Waals surface area contributed by atoms with E-state index in [0.717, 1.165) is 11.4 Å². The molecule has 0 unspecified atom stereocenters. The van der Waals surface area contributed by atoms with Gasteiger partial charge in [-0.05, 0) is 32.0 Å². The maximum atomic E-state index is 10.8. The maximum absolute atomic E-state index is 10.8. The summed E-state index contributed by atoms with van der Waals surface area (Å²) in [6, 6.07) is 6.56. The minimum Gasteiger partial charge on any atom is -0.478 e. The fourth-order valence-corrected chi connectivity index (χ4v) is 1.48. The average Bonchev–Trinajstić information content (AvgIpc) is 2.34. The first-order chi connectivity index (χ1) is 8.56. The summed E-state index contributed by atoms with van der Waals surface area (Å²) < 4.78 is 0. The van der Waals surface area contributed by atoms with Crippen molar-refractivity contribution in [2.75, 3.05) is 5.32 Å². The molecule has 0 bridgehead atoms. The highest BCUT2D eigenvalue weighted by Gasteiger charge is 2.04. The van der Waals surface area contributed by atoms with Crippen LogP contribution in [0.2, 0.25) is 0 Å². The number of nitrogens with zero attached hydrogens (tertiary/aromatic N) is 2. The number of aryl methyl sites for hydroxylation is 2. The van der Waals surface area contributed by atoms with E-state index in [-0.39, 0.29) is 5.56 Å². The van der Waals surface area contributed by atoms with Crippen molar-refractivity contribution in [2.24, 2.45) is 0 Å². The van der Waals surface area contributed by atoms with E-state index >= 15 is 0 Å². The van der Waals surface area contributed by atoms with Crippen LogP contribution in [0.15, 0.2) is 30.5 Å². The SMILES string of the molecule is Cc1ncc(Nc2cccc(C(=O)O)c2)nc1C. The van der Waals surface area contributed by atoms with Crippen LogP contribution >= 0.6 is 0 Å². The third-order valence-electron chi connectivity index (χ3n) is 2.57. The number of hydrogen-bond donors (Lipinski definition) is 2. The molecule has 1 aromatic carbocycles. The second kappa shape index (κ2) is 4.83. The summed E-state index contributed by atoms with van der Waals surface area (Å²) >= 11 is 0. The van der Waals surface area contributed by atoms with Gasteiger partial charge in [0.05, 0.1) is 23.1 Å². The zero-order chi connectivity index (χ0) is 13.1. The van der Waals surface area contributed by atoms with Crippen LogP contribution in [0.1, 0.15) is 21.7 Å². The molecule has 0 radical (unpaired) electrons. The Morgan fingerprint density at radius 3 is 2.72 bits per heavy atom. The first-order valence-corrected chi connectivity index (χ1v) is 5.47. The smallest absolute Gasteiger partial charge is 0.335 e. The molecular formula is C13H13N3O2. The molecule has 92 valence electrons. The van der Waals surface area contributed by atoms with Crippen LogP contribution in [0.5, 0.6) is 0 Å². The Hall–Kier alpha value is -2.43. The average molecular weight is 243 g/mol. The topological polar surface area (TPSA) is 75.1 Å². The molecule has 1 heterocycles. The molecule has 0 aliphatic rings. The maximum Gasteiger partial charge on any atom is 0.335 e. The molecule has 1 aromatic heterocycles. The number of benzene rings is 1. The molecule has 18 heavy (non-hydrogen) atoms. The predicted octanol–water partition coefficient (Wildman–Crippen LogP) is 2.54. The van der Waals surface area contributed by atoms with E-state index in [1.54, 1.807) is 30.5 Å². The van der Waals surface area contributed by atoms with E-state index in [4.69, 9.17) is 5.11 Å². The van der Waals surface area contributed by atoms with Crippen molar-refractivity contribution >= 4 is 17.5 Å². The van der Waals surface area contributed by atoms with Gasteiger partial charge in [-0.25, -0.2) is 9.78 Å². The first-order valence-electron chi connectivity index (χ1n) is 5.47. The van der Waals surface area contributed by atoms with Crippen molar-refractivity contribution in [2.45, 2.75) is 13.8 Å². The summed E-state index contributed by atoms with van der Waals surface area (Å²) in [4.78, 5) is 19.4. The number of rotatable bonds is 3. The monoisotopic (exact) mass is 243 g/mol. The summed E-state index contributed by atoms with van der Waals surface area (Å²) in [7, 11) is 0. The van der Waals surface area contributed by atoms with E-state index < -0.39 is 5.97 Å². The Balaban J connectivity index is 2.25. The number of carboxylic acid groups (broad SMARTS) is 1. The van der Waals surface area contributed by atoms with Crippen molar-refractivity contribution in [3.8, 4) is 0 Å². The van der Waals surface area contributed by atoms with Crippen molar-refractivity contribution in [1.29, 1.82) is 0 Å². The van der Waals surface area contributed by atoms with Gasteiger partial charge in [0.25, 0.3) is 0 Å². The van der Waals surface area contributed by atoms with Crippen LogP contribution in [0, 0.1) is 13.8 Å². The van der Waals surface area contributed by atoms with Gasteiger partial charge < -0.3 is 10.4 Å². The molecular weight excluding hydrogens is 230 g/mol. The number of hydrogen-bond acceptors (Lipinski definition) is 4. The minimum absolute atomic E-state index is 0.233. The normalized spacial score (nSPS) is 10.1. The quantitative estimate of drug-likeness (QED) is 0.866. The number of aromatic nitrogens is 2. The Bertz CT molecular complexity index is 597. The highest BCUT2D eigenvalue weighted by atomic mass is 16.4. The molecule has 2 rings (SSSR count). The van der Waals surface area contributed by atoms with Crippen LogP contribution in [-0.4, -0.2) is 21.0 Å². The Labute approximate surface area is 105 Å². The highest BCUT2D eigenvalue weighted by Crippen LogP contribution is 2.16. The van der Waals surface area contributed by atoms with Gasteiger partial charge in [-0.15, -0.1) is 0 Å². The van der Waals surface area contributed by atoms with Crippen LogP contribution in [0.4, 0.5) is 11.5 Å². The van der Waals surface area contributed by atoms with Crippen molar-refractivity contribution < 1.29 is 9.90 Å². The second-order valence-electron chi connectivity index (χ2n) is 3.94. The lowest BCUT2D eigenvalue weighted by molar-refractivity contribution is 0.0697. The Morgan fingerprint density at radius 1 is 1.28 bits per heavy atom. The largest absolute Gasteiger partial charge is 0.478 e. The van der Waals surface area contributed by atoms with Gasteiger partial charge in [0.1, 0.15) is 5.82 Å². The Morgan fingerprint density at radius 2 is 2.06 bits per heavy atom.